The van der Waals surface area contributed by atoms with Crippen LogP contribution in [0.5, 0.6) is 0 Å². The number of rotatable bonds is 5. The van der Waals surface area contributed by atoms with Gasteiger partial charge in [0.2, 0.25) is 9.76 Å². The van der Waals surface area contributed by atoms with Gasteiger partial charge in [-0.15, -0.1) is 0 Å². The van der Waals surface area contributed by atoms with Crippen molar-refractivity contribution in [3.05, 3.63) is 0 Å². The van der Waals surface area contributed by atoms with Crippen LogP contribution in [0.2, 0.25) is 6.55 Å². The van der Waals surface area contributed by atoms with Gasteiger partial charge in [-0.1, -0.05) is 20.8 Å². The predicted octanol–water partition coefficient (Wildman–Crippen LogP) is 1.88. The van der Waals surface area contributed by atoms with E-state index in [4.69, 9.17) is 4.43 Å². The van der Waals surface area contributed by atoms with Crippen LogP contribution in [0, 0.1) is 5.41 Å². The molecule has 0 aromatic carbocycles. The van der Waals surface area contributed by atoms with Crippen LogP contribution in [0.25, 0.3) is 0 Å². The van der Waals surface area contributed by atoms with Gasteiger partial charge < -0.3 is 4.43 Å². The van der Waals surface area contributed by atoms with Gasteiger partial charge >= 0.3 is 0 Å². The maximum absolute atomic E-state index is 11.6. The number of carbonyl (C=O) groups excluding carboxylic acids is 1. The van der Waals surface area contributed by atoms with Gasteiger partial charge in [0.25, 0.3) is 5.97 Å². The molecule has 0 radical (unpaired) electrons. The fourth-order valence-electron chi connectivity index (χ4n) is 1.47. The van der Waals surface area contributed by atoms with E-state index >= 15 is 0 Å². The lowest BCUT2D eigenvalue weighted by atomic mass is 9.80. The second kappa shape index (κ2) is 5.35. The summed E-state index contributed by atoms with van der Waals surface area (Å²) in [5, 5.41) is 0. The van der Waals surface area contributed by atoms with Gasteiger partial charge in [-0.3, -0.25) is 4.79 Å². The van der Waals surface area contributed by atoms with Gasteiger partial charge in [-0.2, -0.15) is 0 Å². The molecule has 0 rings (SSSR count). The molecule has 0 spiro atoms. The SMILES string of the molecule is CCC(CC)(CC)C(=O)O[SiH2]C. The zero-order valence-corrected chi connectivity index (χ0v) is 10.1. The maximum atomic E-state index is 11.6. The minimum absolute atomic E-state index is 0.0316. The quantitative estimate of drug-likeness (QED) is 0.616. The fraction of sp³-hybridized carbons (Fsp3) is 0.889. The van der Waals surface area contributed by atoms with Crippen LogP contribution in [0.15, 0.2) is 0 Å². The summed E-state index contributed by atoms with van der Waals surface area (Å²) in [5.74, 6) is 0.0316. The van der Waals surface area contributed by atoms with Gasteiger partial charge in [0.15, 0.2) is 0 Å². The van der Waals surface area contributed by atoms with E-state index in [1.165, 1.54) is 0 Å². The minimum atomic E-state index is -0.591. The third-order valence-electron chi connectivity index (χ3n) is 2.74. The van der Waals surface area contributed by atoms with Crippen molar-refractivity contribution in [2.75, 3.05) is 0 Å². The monoisotopic (exact) mass is 188 g/mol. The van der Waals surface area contributed by atoms with E-state index in [0.29, 0.717) is 0 Å². The van der Waals surface area contributed by atoms with Gasteiger partial charge in [-0.05, 0) is 25.8 Å². The summed E-state index contributed by atoms with van der Waals surface area (Å²) >= 11 is 0. The second-order valence-electron chi connectivity index (χ2n) is 3.06. The molecule has 2 nitrogen and oxygen atoms in total. The highest BCUT2D eigenvalue weighted by Crippen LogP contribution is 2.31. The first-order valence-electron chi connectivity index (χ1n) is 4.84. The molecular formula is C9H20O2Si. The Hall–Kier alpha value is -0.313. The molecule has 0 fully saturated rings. The second-order valence-corrected chi connectivity index (χ2v) is 3.93. The predicted molar refractivity (Wildman–Crippen MR) is 53.8 cm³/mol. The van der Waals surface area contributed by atoms with E-state index in [9.17, 15) is 4.79 Å². The van der Waals surface area contributed by atoms with Crippen molar-refractivity contribution in [3.63, 3.8) is 0 Å². The average molecular weight is 188 g/mol. The Kier molecular flexibility index (Phi) is 5.21. The van der Waals surface area contributed by atoms with Crippen molar-refractivity contribution >= 4 is 15.7 Å². The summed E-state index contributed by atoms with van der Waals surface area (Å²) in [7, 11) is -0.591. The van der Waals surface area contributed by atoms with Crippen molar-refractivity contribution in [2.24, 2.45) is 5.41 Å². The molecule has 0 aliphatic carbocycles. The van der Waals surface area contributed by atoms with Crippen molar-refractivity contribution < 1.29 is 9.22 Å². The van der Waals surface area contributed by atoms with Crippen molar-refractivity contribution in [1.82, 2.24) is 0 Å². The summed E-state index contributed by atoms with van der Waals surface area (Å²) in [6.45, 7) is 8.17. The number of carbonyl (C=O) groups is 1. The first-order valence-corrected chi connectivity index (χ1v) is 6.83. The lowest BCUT2D eigenvalue weighted by Crippen LogP contribution is -2.31. The molecule has 0 saturated carbocycles. The molecule has 0 unspecified atom stereocenters. The molecule has 0 aromatic rings. The van der Waals surface area contributed by atoms with E-state index in [1.807, 2.05) is 6.55 Å². The molecule has 0 aromatic heterocycles. The van der Waals surface area contributed by atoms with E-state index in [0.717, 1.165) is 19.3 Å². The van der Waals surface area contributed by atoms with Crippen LogP contribution in [-0.2, 0) is 9.22 Å². The lowest BCUT2D eigenvalue weighted by Gasteiger charge is -2.27. The Labute approximate surface area is 77.6 Å². The Morgan fingerprint density at radius 1 is 1.25 bits per heavy atom. The summed E-state index contributed by atoms with van der Waals surface area (Å²) in [5.41, 5.74) is -0.191. The van der Waals surface area contributed by atoms with Crippen LogP contribution in [-0.4, -0.2) is 15.7 Å². The first kappa shape index (κ1) is 11.7. The summed E-state index contributed by atoms with van der Waals surface area (Å²) in [6, 6.07) is 0. The average Bonchev–Trinajstić information content (AvgIpc) is 2.09. The fourth-order valence-corrected chi connectivity index (χ4v) is 2.04. The van der Waals surface area contributed by atoms with Crippen LogP contribution in [0.3, 0.4) is 0 Å². The van der Waals surface area contributed by atoms with E-state index in [1.54, 1.807) is 0 Å². The maximum Gasteiger partial charge on any atom is 0.298 e. The normalized spacial score (nSPS) is 12.3. The van der Waals surface area contributed by atoms with Crippen molar-refractivity contribution in [1.29, 1.82) is 0 Å². The largest absolute Gasteiger partial charge is 0.525 e. The van der Waals surface area contributed by atoms with E-state index in [2.05, 4.69) is 20.8 Å². The number of hydrogen-bond acceptors (Lipinski definition) is 2. The highest BCUT2D eigenvalue weighted by atomic mass is 28.2. The van der Waals surface area contributed by atoms with Crippen LogP contribution in [0.4, 0.5) is 0 Å². The van der Waals surface area contributed by atoms with Crippen LogP contribution >= 0.6 is 0 Å². The topological polar surface area (TPSA) is 26.3 Å². The summed E-state index contributed by atoms with van der Waals surface area (Å²) in [6.07, 6.45) is 2.69. The zero-order chi connectivity index (χ0) is 9.61. The molecule has 0 aliphatic heterocycles. The molecule has 0 bridgehead atoms. The van der Waals surface area contributed by atoms with Crippen LogP contribution < -0.4 is 0 Å². The van der Waals surface area contributed by atoms with Gasteiger partial charge in [0.1, 0.15) is 0 Å². The molecule has 72 valence electrons. The molecule has 3 heteroatoms. The first-order chi connectivity index (χ1) is 5.66. The van der Waals surface area contributed by atoms with E-state index < -0.39 is 9.76 Å². The van der Waals surface area contributed by atoms with Gasteiger partial charge in [0, 0.05) is 0 Å². The highest BCUT2D eigenvalue weighted by Gasteiger charge is 2.33. The molecule has 0 saturated heterocycles. The van der Waals surface area contributed by atoms with Crippen molar-refractivity contribution in [3.8, 4) is 0 Å². The third-order valence-corrected chi connectivity index (χ3v) is 3.29. The Morgan fingerprint density at radius 2 is 1.67 bits per heavy atom. The summed E-state index contributed by atoms with van der Waals surface area (Å²) in [4.78, 5) is 11.6. The Bertz CT molecular complexity index is 133. The molecular weight excluding hydrogens is 168 g/mol. The molecule has 0 N–H and O–H groups in total. The van der Waals surface area contributed by atoms with Gasteiger partial charge in [0.05, 0.1) is 5.41 Å². The lowest BCUT2D eigenvalue weighted by molar-refractivity contribution is -0.146. The van der Waals surface area contributed by atoms with Crippen molar-refractivity contribution in [2.45, 2.75) is 46.6 Å². The highest BCUT2D eigenvalue weighted by molar-refractivity contribution is 6.28. The smallest absolute Gasteiger partial charge is 0.298 e. The Balaban J connectivity index is 4.36. The zero-order valence-electron chi connectivity index (χ0n) is 8.64. The number of hydrogen-bond donors (Lipinski definition) is 0. The third kappa shape index (κ3) is 2.34. The Morgan fingerprint density at radius 3 is 1.92 bits per heavy atom. The molecule has 0 aliphatic rings. The molecule has 0 amide bonds. The van der Waals surface area contributed by atoms with E-state index in [-0.39, 0.29) is 11.4 Å². The molecule has 0 heterocycles. The van der Waals surface area contributed by atoms with Crippen LogP contribution in [0.1, 0.15) is 40.0 Å². The van der Waals surface area contributed by atoms with Gasteiger partial charge in [-0.25, -0.2) is 0 Å². The molecule has 12 heavy (non-hydrogen) atoms. The standard InChI is InChI=1S/C9H20O2Si/c1-5-9(6-2,7-3)8(10)11-12-4/h5-7,12H2,1-4H3. The molecule has 0 atom stereocenters. The summed E-state index contributed by atoms with van der Waals surface area (Å²) < 4.78 is 5.18. The minimum Gasteiger partial charge on any atom is -0.525 e.